The molecule has 1 aliphatic heterocycles. The Bertz CT molecular complexity index is 376. The smallest absolute Gasteiger partial charge is 0.128 e. The molecule has 0 saturated carbocycles. The van der Waals surface area contributed by atoms with Gasteiger partial charge in [0.25, 0.3) is 0 Å². The fourth-order valence-corrected chi connectivity index (χ4v) is 3.47. The van der Waals surface area contributed by atoms with E-state index in [-0.39, 0.29) is 17.9 Å². The van der Waals surface area contributed by atoms with Crippen molar-refractivity contribution in [1.29, 1.82) is 0 Å². The SMILES string of the molecule is CC(N)C(c1ccccc1F)N1CCCSCC1. The quantitative estimate of drug-likeness (QED) is 0.914. The highest BCUT2D eigenvalue weighted by molar-refractivity contribution is 7.99. The Morgan fingerprint density at radius 3 is 2.78 bits per heavy atom. The van der Waals surface area contributed by atoms with Crippen LogP contribution in [0.2, 0.25) is 0 Å². The molecule has 0 radical (unpaired) electrons. The standard InChI is InChI=1S/C14H21FN2S/c1-11(16)14(12-5-2-3-6-13(12)15)17-7-4-9-18-10-8-17/h2-3,5-6,11,14H,4,7-10,16H2,1H3. The van der Waals surface area contributed by atoms with Crippen molar-refractivity contribution in [2.45, 2.75) is 25.4 Å². The fourth-order valence-electron chi connectivity index (χ4n) is 2.57. The van der Waals surface area contributed by atoms with Gasteiger partial charge in [0.05, 0.1) is 6.04 Å². The minimum absolute atomic E-state index is 0.00935. The fraction of sp³-hybridized carbons (Fsp3) is 0.571. The van der Waals surface area contributed by atoms with Crippen LogP contribution in [0.15, 0.2) is 24.3 Å². The normalized spacial score (nSPS) is 21.3. The molecule has 0 aromatic heterocycles. The summed E-state index contributed by atoms with van der Waals surface area (Å²) in [5, 5.41) is 0. The van der Waals surface area contributed by atoms with Gasteiger partial charge >= 0.3 is 0 Å². The molecule has 2 atom stereocenters. The van der Waals surface area contributed by atoms with Crippen molar-refractivity contribution in [2.75, 3.05) is 24.6 Å². The summed E-state index contributed by atoms with van der Waals surface area (Å²) >= 11 is 1.97. The number of nitrogens with two attached hydrogens (primary N) is 1. The molecule has 4 heteroatoms. The summed E-state index contributed by atoms with van der Waals surface area (Å²) in [7, 11) is 0. The lowest BCUT2D eigenvalue weighted by atomic mass is 9.98. The molecule has 1 saturated heterocycles. The van der Waals surface area contributed by atoms with Gasteiger partial charge in [-0.25, -0.2) is 4.39 Å². The summed E-state index contributed by atoms with van der Waals surface area (Å²) in [5.74, 6) is 2.16. The molecule has 1 heterocycles. The Morgan fingerprint density at radius 1 is 1.28 bits per heavy atom. The number of hydrogen-bond acceptors (Lipinski definition) is 3. The van der Waals surface area contributed by atoms with E-state index in [0.717, 1.165) is 30.8 Å². The largest absolute Gasteiger partial charge is 0.326 e. The van der Waals surface area contributed by atoms with E-state index in [1.165, 1.54) is 11.8 Å². The highest BCUT2D eigenvalue weighted by Gasteiger charge is 2.26. The van der Waals surface area contributed by atoms with Crippen molar-refractivity contribution in [3.05, 3.63) is 35.6 Å². The minimum atomic E-state index is -0.142. The van der Waals surface area contributed by atoms with Crippen LogP contribution in [0.5, 0.6) is 0 Å². The van der Waals surface area contributed by atoms with Crippen molar-refractivity contribution in [3.8, 4) is 0 Å². The lowest BCUT2D eigenvalue weighted by Crippen LogP contribution is -2.41. The maximum atomic E-state index is 14.0. The van der Waals surface area contributed by atoms with Crippen molar-refractivity contribution in [3.63, 3.8) is 0 Å². The molecule has 2 unspecified atom stereocenters. The van der Waals surface area contributed by atoms with Crippen molar-refractivity contribution in [2.24, 2.45) is 5.73 Å². The Labute approximate surface area is 113 Å². The molecule has 1 aromatic rings. The Kier molecular flexibility index (Phi) is 5.03. The van der Waals surface area contributed by atoms with Gasteiger partial charge < -0.3 is 5.73 Å². The zero-order valence-corrected chi connectivity index (χ0v) is 11.6. The first-order valence-corrected chi connectivity index (χ1v) is 7.67. The second-order valence-electron chi connectivity index (χ2n) is 4.83. The predicted octanol–water partition coefficient (Wildman–Crippen LogP) is 2.65. The van der Waals surface area contributed by atoms with Crippen LogP contribution in [0.1, 0.15) is 24.9 Å². The third-order valence-electron chi connectivity index (χ3n) is 3.37. The number of rotatable bonds is 3. The van der Waals surface area contributed by atoms with Crippen LogP contribution in [0.4, 0.5) is 4.39 Å². The molecular weight excluding hydrogens is 247 g/mol. The molecule has 2 N–H and O–H groups in total. The lowest BCUT2D eigenvalue weighted by Gasteiger charge is -2.33. The van der Waals surface area contributed by atoms with Crippen LogP contribution in [0.25, 0.3) is 0 Å². The molecule has 0 aliphatic carbocycles. The molecule has 1 aromatic carbocycles. The van der Waals surface area contributed by atoms with Gasteiger partial charge in [0.15, 0.2) is 0 Å². The van der Waals surface area contributed by atoms with E-state index in [1.807, 2.05) is 30.8 Å². The molecule has 18 heavy (non-hydrogen) atoms. The number of hydrogen-bond donors (Lipinski definition) is 1. The van der Waals surface area contributed by atoms with Crippen LogP contribution >= 0.6 is 11.8 Å². The van der Waals surface area contributed by atoms with Gasteiger partial charge in [-0.1, -0.05) is 18.2 Å². The molecule has 2 nitrogen and oxygen atoms in total. The van der Waals surface area contributed by atoms with Gasteiger partial charge in [0.1, 0.15) is 5.82 Å². The third-order valence-corrected chi connectivity index (χ3v) is 4.42. The van der Waals surface area contributed by atoms with E-state index in [9.17, 15) is 4.39 Å². The van der Waals surface area contributed by atoms with Gasteiger partial charge in [0.2, 0.25) is 0 Å². The van der Waals surface area contributed by atoms with Gasteiger partial charge in [-0.05, 0) is 31.7 Å². The first-order valence-electron chi connectivity index (χ1n) is 6.52. The third kappa shape index (κ3) is 3.25. The molecule has 100 valence electrons. The van der Waals surface area contributed by atoms with Crippen LogP contribution < -0.4 is 5.73 Å². The van der Waals surface area contributed by atoms with Crippen LogP contribution in [0, 0.1) is 5.82 Å². The molecule has 2 rings (SSSR count). The molecule has 1 aliphatic rings. The van der Waals surface area contributed by atoms with Crippen molar-refractivity contribution >= 4 is 11.8 Å². The van der Waals surface area contributed by atoms with Crippen LogP contribution in [-0.2, 0) is 0 Å². The average molecular weight is 268 g/mol. The van der Waals surface area contributed by atoms with E-state index in [1.54, 1.807) is 6.07 Å². The summed E-state index contributed by atoms with van der Waals surface area (Å²) in [5.41, 5.74) is 6.84. The zero-order valence-electron chi connectivity index (χ0n) is 10.8. The minimum Gasteiger partial charge on any atom is -0.326 e. The second-order valence-corrected chi connectivity index (χ2v) is 6.05. The maximum Gasteiger partial charge on any atom is 0.128 e. The maximum absolute atomic E-state index is 14.0. The zero-order chi connectivity index (χ0) is 13.0. The predicted molar refractivity (Wildman–Crippen MR) is 76.3 cm³/mol. The number of thioether (sulfide) groups is 1. The number of halogens is 1. The Morgan fingerprint density at radius 2 is 2.06 bits per heavy atom. The van der Waals surface area contributed by atoms with Crippen molar-refractivity contribution in [1.82, 2.24) is 4.90 Å². The lowest BCUT2D eigenvalue weighted by molar-refractivity contribution is 0.186. The highest BCUT2D eigenvalue weighted by Crippen LogP contribution is 2.27. The van der Waals surface area contributed by atoms with Gasteiger partial charge in [-0.15, -0.1) is 0 Å². The molecule has 0 spiro atoms. The second kappa shape index (κ2) is 6.55. The summed E-state index contributed by atoms with van der Waals surface area (Å²) in [6.07, 6.45) is 1.16. The topological polar surface area (TPSA) is 29.3 Å². The van der Waals surface area contributed by atoms with E-state index in [0.29, 0.717) is 0 Å². The van der Waals surface area contributed by atoms with E-state index >= 15 is 0 Å². The highest BCUT2D eigenvalue weighted by atomic mass is 32.2. The van der Waals surface area contributed by atoms with Gasteiger partial charge in [-0.2, -0.15) is 11.8 Å². The van der Waals surface area contributed by atoms with E-state index in [2.05, 4.69) is 4.90 Å². The van der Waals surface area contributed by atoms with Gasteiger partial charge in [-0.3, -0.25) is 4.90 Å². The van der Waals surface area contributed by atoms with Crippen LogP contribution in [-0.4, -0.2) is 35.5 Å². The molecule has 0 bridgehead atoms. The number of benzene rings is 1. The van der Waals surface area contributed by atoms with Gasteiger partial charge in [0, 0.05) is 23.9 Å². The summed E-state index contributed by atoms with van der Waals surface area (Å²) in [6.45, 7) is 3.97. The van der Waals surface area contributed by atoms with Crippen LogP contribution in [0.3, 0.4) is 0 Å². The van der Waals surface area contributed by atoms with Crippen molar-refractivity contribution < 1.29 is 4.39 Å². The number of nitrogens with zero attached hydrogens (tertiary/aromatic N) is 1. The first-order chi connectivity index (χ1) is 8.70. The molecule has 1 fully saturated rings. The molecular formula is C14H21FN2S. The average Bonchev–Trinajstić information content (AvgIpc) is 2.60. The first kappa shape index (κ1) is 13.8. The van der Waals surface area contributed by atoms with E-state index < -0.39 is 0 Å². The molecule has 0 amide bonds. The summed E-state index contributed by atoms with van der Waals surface area (Å²) in [6, 6.07) is 6.93. The Balaban J connectivity index is 2.24. The Hall–Kier alpha value is -0.580. The summed E-state index contributed by atoms with van der Waals surface area (Å²) < 4.78 is 14.0. The monoisotopic (exact) mass is 268 g/mol. The summed E-state index contributed by atoms with van der Waals surface area (Å²) in [4.78, 5) is 2.34. The van der Waals surface area contributed by atoms with E-state index in [4.69, 9.17) is 5.73 Å².